The molecule has 5 heterocycles. The average molecular weight is 433 g/mol. The van der Waals surface area contributed by atoms with Gasteiger partial charge in [0.15, 0.2) is 0 Å². The van der Waals surface area contributed by atoms with Gasteiger partial charge in [-0.2, -0.15) is 4.98 Å². The summed E-state index contributed by atoms with van der Waals surface area (Å²) in [7, 11) is 2.24. The number of rotatable bonds is 3. The van der Waals surface area contributed by atoms with Gasteiger partial charge in [0.1, 0.15) is 11.5 Å². The number of aromatic nitrogens is 4. The number of likely N-dealkylation sites (N-methyl/N-ethyl adjacent to an activating group) is 1. The summed E-state index contributed by atoms with van der Waals surface area (Å²) in [5, 5.41) is 7.86. The van der Waals surface area contributed by atoms with Gasteiger partial charge in [0.2, 0.25) is 5.95 Å². The van der Waals surface area contributed by atoms with Gasteiger partial charge >= 0.3 is 0 Å². The highest BCUT2D eigenvalue weighted by Crippen LogP contribution is 2.42. The fourth-order valence-corrected chi connectivity index (χ4v) is 5.93. The number of hydrogen-bond acceptors (Lipinski definition) is 7. The van der Waals surface area contributed by atoms with Gasteiger partial charge in [-0.25, -0.2) is 9.97 Å². The van der Waals surface area contributed by atoms with Gasteiger partial charge in [-0.3, -0.25) is 4.90 Å². The van der Waals surface area contributed by atoms with Crippen molar-refractivity contribution in [1.29, 1.82) is 0 Å². The minimum atomic E-state index is 0.164. The number of piperazine rings is 1. The fraction of sp³-hybridized carbons (Fsp3) is 0.542. The second-order valence-electron chi connectivity index (χ2n) is 9.66. The Labute approximate surface area is 189 Å². The zero-order chi connectivity index (χ0) is 21.5. The molecule has 1 spiro atoms. The van der Waals surface area contributed by atoms with Gasteiger partial charge in [0, 0.05) is 56.5 Å². The molecule has 0 bridgehead atoms. The zero-order valence-corrected chi connectivity index (χ0v) is 18.8. The first-order valence-corrected chi connectivity index (χ1v) is 12.0. The maximum atomic E-state index is 4.99. The van der Waals surface area contributed by atoms with Crippen molar-refractivity contribution in [2.75, 3.05) is 50.0 Å². The molecule has 3 aromatic heterocycles. The third kappa shape index (κ3) is 3.51. The van der Waals surface area contributed by atoms with Crippen LogP contribution in [-0.2, 0) is 12.1 Å². The maximum absolute atomic E-state index is 4.99. The predicted molar refractivity (Wildman–Crippen MR) is 128 cm³/mol. The van der Waals surface area contributed by atoms with Crippen LogP contribution in [0.3, 0.4) is 0 Å². The lowest BCUT2D eigenvalue weighted by Gasteiger charge is -2.46. The van der Waals surface area contributed by atoms with Gasteiger partial charge in [-0.05, 0) is 38.1 Å². The first-order chi connectivity index (χ1) is 15.7. The van der Waals surface area contributed by atoms with E-state index in [-0.39, 0.29) is 5.54 Å². The molecule has 1 saturated carbocycles. The molecule has 6 rings (SSSR count). The molecule has 8 nitrogen and oxygen atoms in total. The Bertz CT molecular complexity index is 1090. The van der Waals surface area contributed by atoms with Crippen LogP contribution in [0, 0.1) is 0 Å². The molecule has 0 amide bonds. The van der Waals surface area contributed by atoms with E-state index in [0.717, 1.165) is 61.8 Å². The van der Waals surface area contributed by atoms with Crippen LogP contribution in [0.25, 0.3) is 11.0 Å². The number of anilines is 3. The number of nitrogens with one attached hydrogen (secondary N) is 2. The first kappa shape index (κ1) is 19.9. The molecule has 2 aliphatic heterocycles. The van der Waals surface area contributed by atoms with Crippen molar-refractivity contribution in [3.63, 3.8) is 0 Å². The highest BCUT2D eigenvalue weighted by molar-refractivity contribution is 5.78. The van der Waals surface area contributed by atoms with Crippen LogP contribution < -0.4 is 15.5 Å². The molecule has 0 unspecified atom stereocenters. The monoisotopic (exact) mass is 432 g/mol. The van der Waals surface area contributed by atoms with Gasteiger partial charge in [0.05, 0.1) is 17.4 Å². The molecule has 0 radical (unpaired) electrons. The fourth-order valence-electron chi connectivity index (χ4n) is 5.93. The summed E-state index contributed by atoms with van der Waals surface area (Å²) in [6.45, 7) is 6.15. The summed E-state index contributed by atoms with van der Waals surface area (Å²) in [6, 6.07) is 6.44. The highest BCUT2D eigenvalue weighted by Gasteiger charge is 2.40. The molecule has 3 aromatic rings. The Kier molecular flexibility index (Phi) is 4.99. The van der Waals surface area contributed by atoms with Crippen LogP contribution in [0.2, 0.25) is 0 Å². The summed E-state index contributed by atoms with van der Waals surface area (Å²) in [5.41, 5.74) is 3.75. The molecule has 168 valence electrons. The van der Waals surface area contributed by atoms with E-state index in [1.807, 2.05) is 18.5 Å². The molecule has 3 aliphatic rings. The second kappa shape index (κ2) is 8.01. The predicted octanol–water partition coefficient (Wildman–Crippen LogP) is 3.08. The third-order valence-electron chi connectivity index (χ3n) is 7.34. The van der Waals surface area contributed by atoms with Crippen LogP contribution in [-0.4, -0.2) is 64.2 Å². The van der Waals surface area contributed by atoms with Crippen LogP contribution >= 0.6 is 0 Å². The van der Waals surface area contributed by atoms with E-state index in [2.05, 4.69) is 54.1 Å². The molecule has 1 saturated heterocycles. The van der Waals surface area contributed by atoms with E-state index >= 15 is 0 Å². The smallest absolute Gasteiger partial charge is 0.230 e. The van der Waals surface area contributed by atoms with Crippen molar-refractivity contribution < 1.29 is 0 Å². The second-order valence-corrected chi connectivity index (χ2v) is 9.66. The lowest BCUT2D eigenvalue weighted by atomic mass is 9.80. The summed E-state index contributed by atoms with van der Waals surface area (Å²) in [5.74, 6) is 1.39. The van der Waals surface area contributed by atoms with Crippen LogP contribution in [0.4, 0.5) is 17.5 Å². The number of pyridine rings is 1. The molecular formula is C24H32N8. The number of nitrogens with zero attached hydrogens (tertiary/aromatic N) is 6. The van der Waals surface area contributed by atoms with Crippen molar-refractivity contribution in [2.24, 2.45) is 0 Å². The minimum absolute atomic E-state index is 0.164. The minimum Gasteiger partial charge on any atom is -0.368 e. The van der Waals surface area contributed by atoms with E-state index in [1.165, 1.54) is 37.8 Å². The molecule has 0 atom stereocenters. The van der Waals surface area contributed by atoms with Gasteiger partial charge in [-0.15, -0.1) is 0 Å². The van der Waals surface area contributed by atoms with Crippen LogP contribution in [0.5, 0.6) is 0 Å². The van der Waals surface area contributed by atoms with Crippen molar-refractivity contribution in [3.05, 3.63) is 36.3 Å². The number of fused-ring (bicyclic) bond motifs is 4. The van der Waals surface area contributed by atoms with E-state index < -0.39 is 0 Å². The molecule has 1 aliphatic carbocycles. The standard InChI is InChI=1S/C24H32N8/c1-30-16-20-13-18-14-27-23(29-22(18)32(20)24(17-30)7-3-2-4-8-24)28-21-6-5-19(15-26-21)31-11-9-25-10-12-31/h5-6,13-15,25H,2-4,7-12,16-17H2,1H3,(H,26,27,28,29). The normalized spacial score (nSPS) is 21.1. The lowest BCUT2D eigenvalue weighted by molar-refractivity contribution is 0.0935. The Hall–Kier alpha value is -2.71. The molecule has 8 heteroatoms. The van der Waals surface area contributed by atoms with Crippen LogP contribution in [0.1, 0.15) is 37.8 Å². The van der Waals surface area contributed by atoms with Gasteiger partial charge in [0.25, 0.3) is 0 Å². The first-order valence-electron chi connectivity index (χ1n) is 12.0. The summed E-state index contributed by atoms with van der Waals surface area (Å²) in [6.07, 6.45) is 10.3. The van der Waals surface area contributed by atoms with E-state index in [1.54, 1.807) is 0 Å². The lowest BCUT2D eigenvalue weighted by Crippen LogP contribution is -2.50. The van der Waals surface area contributed by atoms with E-state index in [9.17, 15) is 0 Å². The van der Waals surface area contributed by atoms with Crippen molar-refractivity contribution >= 4 is 28.5 Å². The quantitative estimate of drug-likeness (QED) is 0.659. The van der Waals surface area contributed by atoms with Crippen molar-refractivity contribution in [1.82, 2.24) is 29.7 Å². The SMILES string of the molecule is CN1Cc2cc3cnc(Nc4ccc(N5CCNCC5)cn4)nc3n2C2(CCCCC2)C1. The zero-order valence-electron chi connectivity index (χ0n) is 18.8. The van der Waals surface area contributed by atoms with Crippen LogP contribution in [0.15, 0.2) is 30.6 Å². The van der Waals surface area contributed by atoms with Crippen molar-refractivity contribution in [3.8, 4) is 0 Å². The third-order valence-corrected chi connectivity index (χ3v) is 7.34. The summed E-state index contributed by atoms with van der Waals surface area (Å²) < 4.78 is 2.55. The summed E-state index contributed by atoms with van der Waals surface area (Å²) in [4.78, 5) is 19.1. The Morgan fingerprint density at radius 2 is 1.88 bits per heavy atom. The molecular weight excluding hydrogens is 400 g/mol. The Morgan fingerprint density at radius 3 is 2.66 bits per heavy atom. The maximum Gasteiger partial charge on any atom is 0.230 e. The molecule has 2 N–H and O–H groups in total. The van der Waals surface area contributed by atoms with Crippen molar-refractivity contribution in [2.45, 2.75) is 44.2 Å². The molecule has 2 fully saturated rings. The summed E-state index contributed by atoms with van der Waals surface area (Å²) >= 11 is 0. The van der Waals surface area contributed by atoms with Gasteiger partial charge < -0.3 is 20.1 Å². The Morgan fingerprint density at radius 1 is 1.03 bits per heavy atom. The molecule has 0 aromatic carbocycles. The topological polar surface area (TPSA) is 74.1 Å². The number of hydrogen-bond donors (Lipinski definition) is 2. The van der Waals surface area contributed by atoms with Gasteiger partial charge in [-0.1, -0.05) is 19.3 Å². The van der Waals surface area contributed by atoms with E-state index in [4.69, 9.17) is 4.98 Å². The largest absolute Gasteiger partial charge is 0.368 e. The molecule has 32 heavy (non-hydrogen) atoms. The Balaban J connectivity index is 1.30. The van der Waals surface area contributed by atoms with E-state index in [0.29, 0.717) is 5.95 Å². The average Bonchev–Trinajstić information content (AvgIpc) is 3.19. The highest BCUT2D eigenvalue weighted by atomic mass is 15.3.